The van der Waals surface area contributed by atoms with Crippen LogP contribution in [0.5, 0.6) is 5.75 Å². The zero-order chi connectivity index (χ0) is 19.1. The fraction of sp³-hybridized carbons (Fsp3) is 0.263. The first-order valence-electron chi connectivity index (χ1n) is 8.46. The van der Waals surface area contributed by atoms with Gasteiger partial charge in [0.25, 0.3) is 0 Å². The van der Waals surface area contributed by atoms with Crippen molar-refractivity contribution in [1.82, 2.24) is 9.97 Å². The van der Waals surface area contributed by atoms with Crippen LogP contribution in [-0.2, 0) is 9.84 Å². The number of pyridine rings is 2. The summed E-state index contributed by atoms with van der Waals surface area (Å²) in [7, 11) is -3.11. The molecule has 0 spiro atoms. The van der Waals surface area contributed by atoms with E-state index in [4.69, 9.17) is 16.3 Å². The molecule has 4 rings (SSSR count). The lowest BCUT2D eigenvalue weighted by Crippen LogP contribution is -2.29. The summed E-state index contributed by atoms with van der Waals surface area (Å²) in [5.41, 5.74) is 0.781. The molecule has 27 heavy (non-hydrogen) atoms. The van der Waals surface area contributed by atoms with Gasteiger partial charge in [0.15, 0.2) is 9.84 Å². The fourth-order valence-electron chi connectivity index (χ4n) is 2.91. The Bertz CT molecular complexity index is 1100. The molecule has 1 aromatic carbocycles. The van der Waals surface area contributed by atoms with E-state index in [1.165, 1.54) is 6.26 Å². The van der Waals surface area contributed by atoms with Gasteiger partial charge >= 0.3 is 0 Å². The number of halogens is 1. The molecule has 0 atom stereocenters. The molecule has 1 aliphatic rings. The van der Waals surface area contributed by atoms with Crippen molar-refractivity contribution in [3.8, 4) is 5.75 Å². The van der Waals surface area contributed by atoms with Crippen LogP contribution in [0.1, 0.15) is 12.8 Å². The summed E-state index contributed by atoms with van der Waals surface area (Å²) in [6, 6.07) is 11.0. The van der Waals surface area contributed by atoms with Crippen LogP contribution in [0.3, 0.4) is 0 Å². The van der Waals surface area contributed by atoms with Crippen LogP contribution in [-0.4, -0.2) is 36.0 Å². The van der Waals surface area contributed by atoms with Gasteiger partial charge in [0, 0.05) is 17.8 Å². The van der Waals surface area contributed by atoms with Crippen molar-refractivity contribution in [2.24, 2.45) is 0 Å². The first-order valence-corrected chi connectivity index (χ1v) is 10.7. The molecule has 3 aromatic rings. The summed E-state index contributed by atoms with van der Waals surface area (Å²) in [5, 5.41) is 5.52. The highest BCUT2D eigenvalue weighted by Crippen LogP contribution is 2.43. The third-order valence-electron chi connectivity index (χ3n) is 4.82. The Morgan fingerprint density at radius 1 is 1.19 bits per heavy atom. The van der Waals surface area contributed by atoms with Gasteiger partial charge in [-0.1, -0.05) is 11.6 Å². The molecule has 1 N–H and O–H groups in total. The van der Waals surface area contributed by atoms with Crippen molar-refractivity contribution in [2.75, 3.05) is 18.2 Å². The van der Waals surface area contributed by atoms with E-state index in [9.17, 15) is 8.42 Å². The number of nitrogens with zero attached hydrogens (tertiary/aromatic N) is 2. The van der Waals surface area contributed by atoms with Crippen molar-refractivity contribution in [2.45, 2.75) is 17.6 Å². The quantitative estimate of drug-likeness (QED) is 0.627. The van der Waals surface area contributed by atoms with Crippen LogP contribution in [0.2, 0.25) is 5.15 Å². The van der Waals surface area contributed by atoms with E-state index < -0.39 is 14.6 Å². The number of rotatable bonds is 6. The Hall–Kier alpha value is -2.38. The minimum Gasteiger partial charge on any atom is -0.492 e. The van der Waals surface area contributed by atoms with Crippen LogP contribution in [0, 0.1) is 0 Å². The molecule has 0 amide bonds. The molecule has 0 radical (unpaired) electrons. The van der Waals surface area contributed by atoms with Gasteiger partial charge in [0.2, 0.25) is 0 Å². The number of fused-ring (bicyclic) bond motifs is 1. The van der Waals surface area contributed by atoms with Gasteiger partial charge in [0.1, 0.15) is 28.1 Å². The van der Waals surface area contributed by atoms with Gasteiger partial charge in [-0.25, -0.2) is 18.4 Å². The third-order valence-corrected chi connectivity index (χ3v) is 7.14. The van der Waals surface area contributed by atoms with Crippen LogP contribution < -0.4 is 10.1 Å². The molecule has 0 bridgehead atoms. The lowest BCUT2D eigenvalue weighted by molar-refractivity contribution is 0.306. The van der Waals surface area contributed by atoms with Crippen LogP contribution >= 0.6 is 11.6 Å². The van der Waals surface area contributed by atoms with Crippen LogP contribution in [0.25, 0.3) is 10.8 Å². The zero-order valence-electron chi connectivity index (χ0n) is 14.6. The predicted molar refractivity (Wildman–Crippen MR) is 107 cm³/mol. The largest absolute Gasteiger partial charge is 0.492 e. The monoisotopic (exact) mass is 403 g/mol. The van der Waals surface area contributed by atoms with Crippen molar-refractivity contribution in [1.29, 1.82) is 0 Å². The highest BCUT2D eigenvalue weighted by Gasteiger charge is 2.53. The minimum atomic E-state index is -3.11. The maximum atomic E-state index is 11.9. The molecule has 6 nitrogen and oxygen atoms in total. The Balaban J connectivity index is 1.56. The Morgan fingerprint density at radius 3 is 2.67 bits per heavy atom. The second-order valence-corrected chi connectivity index (χ2v) is 9.58. The molecular weight excluding hydrogens is 386 g/mol. The molecule has 1 aliphatic carbocycles. The summed E-state index contributed by atoms with van der Waals surface area (Å²) in [6.07, 6.45) is 5.94. The van der Waals surface area contributed by atoms with E-state index in [-0.39, 0.29) is 6.61 Å². The topological polar surface area (TPSA) is 81.2 Å². The molecular formula is C19H18ClN3O3S. The normalized spacial score (nSPS) is 15.5. The number of benzene rings is 1. The summed E-state index contributed by atoms with van der Waals surface area (Å²) in [5.74, 6) is 1.33. The second kappa shape index (κ2) is 6.65. The van der Waals surface area contributed by atoms with Gasteiger partial charge in [-0.2, -0.15) is 0 Å². The number of sulfone groups is 1. The van der Waals surface area contributed by atoms with Gasteiger partial charge in [0.05, 0.1) is 11.9 Å². The number of hydrogen-bond donors (Lipinski definition) is 1. The Morgan fingerprint density at radius 2 is 2.00 bits per heavy atom. The molecule has 1 fully saturated rings. The van der Waals surface area contributed by atoms with E-state index in [2.05, 4.69) is 15.3 Å². The summed E-state index contributed by atoms with van der Waals surface area (Å²) in [6.45, 7) is 0.184. The minimum absolute atomic E-state index is 0.184. The highest BCUT2D eigenvalue weighted by atomic mass is 35.5. The van der Waals surface area contributed by atoms with Crippen LogP contribution in [0.15, 0.2) is 48.8 Å². The molecule has 0 saturated heterocycles. The zero-order valence-corrected chi connectivity index (χ0v) is 16.2. The maximum Gasteiger partial charge on any atom is 0.156 e. The maximum absolute atomic E-state index is 11.9. The highest BCUT2D eigenvalue weighted by molar-refractivity contribution is 7.92. The third kappa shape index (κ3) is 3.70. The first-order chi connectivity index (χ1) is 12.9. The lowest BCUT2D eigenvalue weighted by Gasteiger charge is -2.15. The van der Waals surface area contributed by atoms with Crippen molar-refractivity contribution in [3.05, 3.63) is 53.9 Å². The van der Waals surface area contributed by atoms with E-state index in [1.54, 1.807) is 18.5 Å². The molecule has 0 aliphatic heterocycles. The lowest BCUT2D eigenvalue weighted by atomic mass is 10.1. The van der Waals surface area contributed by atoms with Crippen LogP contribution in [0.4, 0.5) is 11.5 Å². The van der Waals surface area contributed by atoms with E-state index in [0.29, 0.717) is 29.6 Å². The van der Waals surface area contributed by atoms with Gasteiger partial charge in [-0.15, -0.1) is 0 Å². The number of ether oxygens (including phenoxy) is 1. The van der Waals surface area contributed by atoms with E-state index >= 15 is 0 Å². The number of aromatic nitrogens is 2. The van der Waals surface area contributed by atoms with Crippen molar-refractivity contribution < 1.29 is 13.2 Å². The molecule has 2 heterocycles. The van der Waals surface area contributed by atoms with E-state index in [0.717, 1.165) is 16.5 Å². The number of anilines is 2. The first kappa shape index (κ1) is 18.0. The molecule has 1 saturated carbocycles. The van der Waals surface area contributed by atoms with Gasteiger partial charge in [-0.05, 0) is 54.6 Å². The predicted octanol–water partition coefficient (Wildman–Crippen LogP) is 3.98. The summed E-state index contributed by atoms with van der Waals surface area (Å²) >= 11 is 5.82. The number of nitrogens with one attached hydrogen (secondary N) is 1. The fourth-order valence-corrected chi connectivity index (χ4v) is 4.14. The Kier molecular flexibility index (Phi) is 4.44. The summed E-state index contributed by atoms with van der Waals surface area (Å²) < 4.78 is 28.8. The van der Waals surface area contributed by atoms with Gasteiger partial charge < -0.3 is 10.1 Å². The smallest absolute Gasteiger partial charge is 0.156 e. The average Bonchev–Trinajstić information content (AvgIpc) is 3.43. The molecule has 140 valence electrons. The van der Waals surface area contributed by atoms with Gasteiger partial charge in [-0.3, -0.25) is 0 Å². The second-order valence-electron chi connectivity index (χ2n) is 6.78. The van der Waals surface area contributed by atoms with E-state index in [1.807, 2.05) is 30.3 Å². The average molecular weight is 404 g/mol. The summed E-state index contributed by atoms with van der Waals surface area (Å²) in [4.78, 5) is 8.44. The molecule has 8 heteroatoms. The van der Waals surface area contributed by atoms with Crippen molar-refractivity contribution in [3.63, 3.8) is 0 Å². The number of hydrogen-bond acceptors (Lipinski definition) is 6. The Labute approximate surface area is 162 Å². The SMILES string of the molecule is CS(=O)(=O)C1(COc2ccc3c(Nc4ccc(Cl)nc4)nccc3c2)CC1. The standard InChI is InChI=1S/C19H18ClN3O3S/c1-27(24,25)19(7-8-19)12-26-15-3-4-16-13(10-15)6-9-21-18(16)23-14-2-5-17(20)22-11-14/h2-6,9-11H,7-8,12H2,1H3,(H,21,23). The molecule has 0 unspecified atom stereocenters. The van der Waals surface area contributed by atoms with Crippen molar-refractivity contribution >= 4 is 43.7 Å². The molecule has 2 aromatic heterocycles.